The van der Waals surface area contributed by atoms with Crippen molar-refractivity contribution in [2.24, 2.45) is 0 Å². The number of nitrogens with one attached hydrogen (secondary N) is 1. The predicted octanol–water partition coefficient (Wildman–Crippen LogP) is 2.87. The first-order valence-corrected chi connectivity index (χ1v) is 6.66. The Labute approximate surface area is 110 Å². The molecule has 1 heterocycles. The van der Waals surface area contributed by atoms with Gasteiger partial charge in [0.25, 0.3) is 0 Å². The number of hydrogen-bond donors (Lipinski definition) is 1. The summed E-state index contributed by atoms with van der Waals surface area (Å²) < 4.78 is -0.365. The topological polar surface area (TPSA) is 46.2 Å². The summed E-state index contributed by atoms with van der Waals surface area (Å²) in [6, 6.07) is 5.34. The number of alkyl halides is 2. The average Bonchev–Trinajstić information content (AvgIpc) is 2.27. The molecule has 1 amide bonds. The highest BCUT2D eigenvalue weighted by atomic mass is 79.9. The molecule has 3 nitrogen and oxygen atoms in total. The standard InChI is InChI=1S/C11H9Br2NO2/c12-11(13)10(16)7-1-3-8-6(5-7)2-4-9(15)14-8/h1,3,5,11H,2,4H2,(H,14,15). The van der Waals surface area contributed by atoms with Crippen LogP contribution < -0.4 is 5.32 Å². The number of anilines is 1. The zero-order valence-corrected chi connectivity index (χ0v) is 11.5. The summed E-state index contributed by atoms with van der Waals surface area (Å²) in [7, 11) is 0. The highest BCUT2D eigenvalue weighted by molar-refractivity contribution is 9.25. The van der Waals surface area contributed by atoms with E-state index in [1.54, 1.807) is 12.1 Å². The third kappa shape index (κ3) is 2.35. The number of hydrogen-bond acceptors (Lipinski definition) is 2. The molecule has 1 aliphatic rings. The molecule has 0 aliphatic carbocycles. The normalized spacial score (nSPS) is 14.6. The summed E-state index contributed by atoms with van der Waals surface area (Å²) >= 11 is 6.36. The molecule has 1 aliphatic heterocycles. The fourth-order valence-electron chi connectivity index (χ4n) is 1.66. The van der Waals surface area contributed by atoms with Crippen molar-refractivity contribution in [3.05, 3.63) is 29.3 Å². The van der Waals surface area contributed by atoms with Crippen molar-refractivity contribution in [1.82, 2.24) is 0 Å². The number of carbonyl (C=O) groups is 2. The fraction of sp³-hybridized carbons (Fsp3) is 0.273. The number of ketones is 1. The summed E-state index contributed by atoms with van der Waals surface area (Å²) in [5, 5.41) is 2.78. The molecule has 1 N–H and O–H groups in total. The molecule has 84 valence electrons. The molecule has 0 aromatic heterocycles. The molecular formula is C11H9Br2NO2. The molecule has 0 unspecified atom stereocenters. The van der Waals surface area contributed by atoms with E-state index in [0.29, 0.717) is 18.4 Å². The third-order valence-electron chi connectivity index (χ3n) is 2.48. The molecule has 1 aromatic carbocycles. The van der Waals surface area contributed by atoms with Crippen molar-refractivity contribution in [1.29, 1.82) is 0 Å². The zero-order valence-electron chi connectivity index (χ0n) is 8.30. The van der Waals surface area contributed by atoms with E-state index in [-0.39, 0.29) is 15.4 Å². The lowest BCUT2D eigenvalue weighted by Crippen LogP contribution is -2.19. The van der Waals surface area contributed by atoms with Crippen LogP contribution in [0.3, 0.4) is 0 Å². The number of halogens is 2. The number of carbonyl (C=O) groups excluding carboxylic acids is 2. The first-order chi connectivity index (χ1) is 7.58. The summed E-state index contributed by atoms with van der Waals surface area (Å²) in [5.41, 5.74) is 2.48. The van der Waals surface area contributed by atoms with Crippen LogP contribution in [0.15, 0.2) is 18.2 Å². The number of amides is 1. The lowest BCUT2D eigenvalue weighted by molar-refractivity contribution is -0.116. The Morgan fingerprint density at radius 1 is 1.31 bits per heavy atom. The van der Waals surface area contributed by atoms with Crippen LogP contribution in [-0.4, -0.2) is 15.4 Å². The van der Waals surface area contributed by atoms with Gasteiger partial charge in [-0.25, -0.2) is 0 Å². The lowest BCUT2D eigenvalue weighted by Gasteiger charge is -2.17. The maximum Gasteiger partial charge on any atom is 0.224 e. The van der Waals surface area contributed by atoms with E-state index in [4.69, 9.17) is 0 Å². The third-order valence-corrected chi connectivity index (χ3v) is 3.32. The Morgan fingerprint density at radius 3 is 2.75 bits per heavy atom. The van der Waals surface area contributed by atoms with E-state index < -0.39 is 0 Å². The van der Waals surface area contributed by atoms with Crippen molar-refractivity contribution in [3.63, 3.8) is 0 Å². The summed E-state index contributed by atoms with van der Waals surface area (Å²) in [6.45, 7) is 0. The summed E-state index contributed by atoms with van der Waals surface area (Å²) in [6.07, 6.45) is 1.17. The van der Waals surface area contributed by atoms with Crippen molar-refractivity contribution < 1.29 is 9.59 Å². The van der Waals surface area contributed by atoms with Gasteiger partial charge < -0.3 is 5.32 Å². The maximum atomic E-state index is 11.7. The van der Waals surface area contributed by atoms with Gasteiger partial charge in [-0.15, -0.1) is 0 Å². The molecule has 2 rings (SSSR count). The van der Waals surface area contributed by atoms with Crippen molar-refractivity contribution in [3.8, 4) is 0 Å². The second-order valence-corrected chi connectivity index (χ2v) is 6.65. The van der Waals surface area contributed by atoms with Gasteiger partial charge in [0.2, 0.25) is 5.91 Å². The van der Waals surface area contributed by atoms with Crippen LogP contribution in [0.4, 0.5) is 5.69 Å². The van der Waals surface area contributed by atoms with Crippen LogP contribution in [0.2, 0.25) is 0 Å². The predicted molar refractivity (Wildman–Crippen MR) is 69.4 cm³/mol. The number of fused-ring (bicyclic) bond motifs is 1. The van der Waals surface area contributed by atoms with Crippen molar-refractivity contribution in [2.45, 2.75) is 16.6 Å². The summed E-state index contributed by atoms with van der Waals surface area (Å²) in [5.74, 6) is 0.0186. The Kier molecular flexibility index (Phi) is 3.44. The number of rotatable bonds is 2. The van der Waals surface area contributed by atoms with Crippen molar-refractivity contribution in [2.75, 3.05) is 5.32 Å². The minimum atomic E-state index is -0.365. The van der Waals surface area contributed by atoms with E-state index >= 15 is 0 Å². The SMILES string of the molecule is O=C1CCc2cc(C(=O)C(Br)Br)ccc2N1. The van der Waals surface area contributed by atoms with Gasteiger partial charge in [0, 0.05) is 17.7 Å². The van der Waals surface area contributed by atoms with Gasteiger partial charge in [0.05, 0.1) is 0 Å². The van der Waals surface area contributed by atoms with Crippen LogP contribution in [0.5, 0.6) is 0 Å². The molecule has 0 saturated carbocycles. The fourth-order valence-corrected chi connectivity index (χ4v) is 2.19. The van der Waals surface area contributed by atoms with Gasteiger partial charge in [-0.1, -0.05) is 31.9 Å². The van der Waals surface area contributed by atoms with E-state index in [1.165, 1.54) is 0 Å². The first-order valence-electron chi connectivity index (χ1n) is 4.83. The molecule has 0 atom stereocenters. The smallest absolute Gasteiger partial charge is 0.224 e. The van der Waals surface area contributed by atoms with Crippen LogP contribution in [-0.2, 0) is 11.2 Å². The molecule has 1 aromatic rings. The van der Waals surface area contributed by atoms with Gasteiger partial charge in [-0.05, 0) is 30.2 Å². The highest BCUT2D eigenvalue weighted by Gasteiger charge is 2.18. The largest absolute Gasteiger partial charge is 0.326 e. The quantitative estimate of drug-likeness (QED) is 0.661. The van der Waals surface area contributed by atoms with E-state index in [0.717, 1.165) is 11.3 Å². The second-order valence-electron chi connectivity index (χ2n) is 3.59. The Hall–Kier alpha value is -0.680. The number of benzene rings is 1. The molecule has 16 heavy (non-hydrogen) atoms. The molecule has 0 spiro atoms. The zero-order chi connectivity index (χ0) is 11.7. The number of Topliss-reactive ketones (excluding diaryl/α,β-unsaturated/α-hetero) is 1. The monoisotopic (exact) mass is 345 g/mol. The highest BCUT2D eigenvalue weighted by Crippen LogP contribution is 2.25. The van der Waals surface area contributed by atoms with Crippen LogP contribution in [0.25, 0.3) is 0 Å². The van der Waals surface area contributed by atoms with Gasteiger partial charge in [-0.2, -0.15) is 0 Å². The first kappa shape index (κ1) is 11.8. The average molecular weight is 347 g/mol. The Bertz CT molecular complexity index is 457. The maximum absolute atomic E-state index is 11.7. The Morgan fingerprint density at radius 2 is 2.06 bits per heavy atom. The minimum Gasteiger partial charge on any atom is -0.326 e. The second kappa shape index (κ2) is 4.67. The Balaban J connectivity index is 2.33. The van der Waals surface area contributed by atoms with Crippen LogP contribution in [0, 0.1) is 0 Å². The molecule has 5 heteroatoms. The lowest BCUT2D eigenvalue weighted by atomic mass is 9.99. The van der Waals surface area contributed by atoms with E-state index in [9.17, 15) is 9.59 Å². The summed E-state index contributed by atoms with van der Waals surface area (Å²) in [4.78, 5) is 22.9. The van der Waals surface area contributed by atoms with Crippen LogP contribution in [0.1, 0.15) is 22.3 Å². The molecule has 0 bridgehead atoms. The van der Waals surface area contributed by atoms with Gasteiger partial charge in [-0.3, -0.25) is 9.59 Å². The minimum absolute atomic E-state index is 0.0142. The van der Waals surface area contributed by atoms with E-state index in [2.05, 4.69) is 37.2 Å². The van der Waals surface area contributed by atoms with Gasteiger partial charge in [0.1, 0.15) is 3.74 Å². The van der Waals surface area contributed by atoms with Crippen LogP contribution >= 0.6 is 31.9 Å². The van der Waals surface area contributed by atoms with Gasteiger partial charge in [0.15, 0.2) is 5.78 Å². The molecule has 0 fully saturated rings. The number of aryl methyl sites for hydroxylation is 1. The van der Waals surface area contributed by atoms with E-state index in [1.807, 2.05) is 6.07 Å². The molecular weight excluding hydrogens is 338 g/mol. The van der Waals surface area contributed by atoms with Gasteiger partial charge >= 0.3 is 0 Å². The van der Waals surface area contributed by atoms with Crippen molar-refractivity contribution >= 4 is 49.2 Å². The molecule has 0 radical (unpaired) electrons. The molecule has 0 saturated heterocycles.